The van der Waals surface area contributed by atoms with Crippen LogP contribution in [0.25, 0.3) is 0 Å². The van der Waals surface area contributed by atoms with Gasteiger partial charge in [-0.1, -0.05) is 13.8 Å². The molecule has 0 rings (SSSR count). The van der Waals surface area contributed by atoms with Gasteiger partial charge in [-0.05, 0) is 40.5 Å². The Morgan fingerprint density at radius 1 is 0.875 bits per heavy atom. The van der Waals surface area contributed by atoms with Crippen molar-refractivity contribution in [3.05, 3.63) is 0 Å². The van der Waals surface area contributed by atoms with Crippen molar-refractivity contribution in [3.63, 3.8) is 0 Å². The maximum Gasteiger partial charge on any atom is 0.309 e. The summed E-state index contributed by atoms with van der Waals surface area (Å²) in [5, 5.41) is 16.9. The van der Waals surface area contributed by atoms with Crippen molar-refractivity contribution in [2.45, 2.75) is 54.4 Å². The van der Waals surface area contributed by atoms with Gasteiger partial charge in [-0.2, -0.15) is 0 Å². The Morgan fingerprint density at radius 2 is 1.12 bits per heavy atom. The van der Waals surface area contributed by atoms with Crippen LogP contribution in [-0.2, 0) is 9.59 Å². The van der Waals surface area contributed by atoms with E-state index >= 15 is 0 Å². The van der Waals surface area contributed by atoms with Crippen LogP contribution >= 0.6 is 0 Å². The normalized spacial score (nSPS) is 11.4. The maximum absolute atomic E-state index is 10.5. The van der Waals surface area contributed by atoms with E-state index in [0.717, 1.165) is 0 Å². The zero-order valence-corrected chi connectivity index (χ0v) is 11.1. The molecule has 0 heterocycles. The smallest absolute Gasteiger partial charge is 0.309 e. The molecule has 0 unspecified atom stereocenters. The average molecular weight is 232 g/mol. The standard InChI is InChI=1S/C7H14O2.C5H10O2/c1-4-7(3,5-2)6(8)9;1-5(2,3)4(6)7/h4-5H2,1-3H3,(H,8,9);1-3H3,(H,6,7). The third-order valence-electron chi connectivity index (χ3n) is 2.72. The van der Waals surface area contributed by atoms with Gasteiger partial charge in [0.25, 0.3) is 0 Å². The lowest BCUT2D eigenvalue weighted by molar-refractivity contribution is -0.148. The third-order valence-corrected chi connectivity index (χ3v) is 2.72. The number of carboxylic acids is 2. The van der Waals surface area contributed by atoms with Crippen molar-refractivity contribution in [3.8, 4) is 0 Å². The molecule has 16 heavy (non-hydrogen) atoms. The van der Waals surface area contributed by atoms with E-state index in [1.807, 2.05) is 13.8 Å². The SMILES string of the molecule is CC(C)(C)C(=O)O.CCC(C)(CC)C(=O)O. The second-order valence-electron chi connectivity index (χ2n) is 5.13. The number of hydrogen-bond acceptors (Lipinski definition) is 2. The van der Waals surface area contributed by atoms with E-state index in [4.69, 9.17) is 10.2 Å². The van der Waals surface area contributed by atoms with Crippen LogP contribution in [-0.4, -0.2) is 22.2 Å². The number of carboxylic acid groups (broad SMARTS) is 2. The van der Waals surface area contributed by atoms with E-state index in [9.17, 15) is 9.59 Å². The Bertz CT molecular complexity index is 234. The summed E-state index contributed by atoms with van der Waals surface area (Å²) in [5.74, 6) is -1.44. The van der Waals surface area contributed by atoms with Crippen LogP contribution in [0.5, 0.6) is 0 Å². The van der Waals surface area contributed by atoms with Crippen molar-refractivity contribution in [1.29, 1.82) is 0 Å². The summed E-state index contributed by atoms with van der Waals surface area (Å²) >= 11 is 0. The molecule has 0 atom stereocenters. The molecule has 0 radical (unpaired) electrons. The van der Waals surface area contributed by atoms with Gasteiger partial charge >= 0.3 is 11.9 Å². The summed E-state index contributed by atoms with van der Waals surface area (Å²) in [4.78, 5) is 20.5. The minimum atomic E-state index is -0.757. The summed E-state index contributed by atoms with van der Waals surface area (Å²) in [5.41, 5.74) is -1.08. The lowest BCUT2D eigenvalue weighted by Crippen LogP contribution is -2.25. The highest BCUT2D eigenvalue weighted by Gasteiger charge is 2.28. The van der Waals surface area contributed by atoms with Crippen molar-refractivity contribution in [1.82, 2.24) is 0 Å². The molecule has 0 aromatic heterocycles. The van der Waals surface area contributed by atoms with E-state index < -0.39 is 22.8 Å². The molecule has 0 saturated heterocycles. The molecule has 2 N–H and O–H groups in total. The van der Waals surface area contributed by atoms with Crippen LogP contribution in [0.4, 0.5) is 0 Å². The van der Waals surface area contributed by atoms with Gasteiger partial charge in [0.2, 0.25) is 0 Å². The van der Waals surface area contributed by atoms with Gasteiger partial charge in [0.05, 0.1) is 10.8 Å². The summed E-state index contributed by atoms with van der Waals surface area (Å²) in [6.07, 6.45) is 1.41. The molecule has 0 spiro atoms. The molecule has 4 heteroatoms. The van der Waals surface area contributed by atoms with Gasteiger partial charge in [-0.25, -0.2) is 0 Å². The molecule has 0 aliphatic heterocycles. The lowest BCUT2D eigenvalue weighted by Gasteiger charge is -2.19. The minimum absolute atomic E-state index is 0.500. The first kappa shape index (κ1) is 17.3. The van der Waals surface area contributed by atoms with E-state index in [-0.39, 0.29) is 0 Å². The van der Waals surface area contributed by atoms with Gasteiger partial charge in [0, 0.05) is 0 Å². The predicted octanol–water partition coefficient (Wildman–Crippen LogP) is 3.01. The molecule has 0 aromatic rings. The molecule has 96 valence electrons. The van der Waals surface area contributed by atoms with Gasteiger partial charge in [0.15, 0.2) is 0 Å². The minimum Gasteiger partial charge on any atom is -0.481 e. The first-order chi connectivity index (χ1) is 7.01. The monoisotopic (exact) mass is 232 g/mol. The molecule has 0 aromatic carbocycles. The van der Waals surface area contributed by atoms with Crippen LogP contribution < -0.4 is 0 Å². The molecular weight excluding hydrogens is 208 g/mol. The fourth-order valence-electron chi connectivity index (χ4n) is 0.552. The van der Waals surface area contributed by atoms with Gasteiger partial charge in [-0.3, -0.25) is 9.59 Å². The zero-order chi connectivity index (χ0) is 13.6. The van der Waals surface area contributed by atoms with Gasteiger partial charge < -0.3 is 10.2 Å². The van der Waals surface area contributed by atoms with Crippen molar-refractivity contribution >= 4 is 11.9 Å². The van der Waals surface area contributed by atoms with Crippen LogP contribution in [0.15, 0.2) is 0 Å². The number of aliphatic carboxylic acids is 2. The fourth-order valence-corrected chi connectivity index (χ4v) is 0.552. The Morgan fingerprint density at radius 3 is 1.12 bits per heavy atom. The first-order valence-electron chi connectivity index (χ1n) is 5.48. The topological polar surface area (TPSA) is 74.6 Å². The van der Waals surface area contributed by atoms with Crippen LogP contribution in [0.1, 0.15) is 54.4 Å². The molecule has 0 aliphatic carbocycles. The summed E-state index contributed by atoms with van der Waals surface area (Å²) in [7, 11) is 0. The Labute approximate surface area is 97.7 Å². The van der Waals surface area contributed by atoms with Crippen molar-refractivity contribution in [2.75, 3.05) is 0 Å². The fraction of sp³-hybridized carbons (Fsp3) is 0.833. The molecule has 4 nitrogen and oxygen atoms in total. The largest absolute Gasteiger partial charge is 0.481 e. The third kappa shape index (κ3) is 6.43. The van der Waals surface area contributed by atoms with Crippen LogP contribution in [0, 0.1) is 10.8 Å². The van der Waals surface area contributed by atoms with Crippen molar-refractivity contribution < 1.29 is 19.8 Å². The predicted molar refractivity (Wildman–Crippen MR) is 63.4 cm³/mol. The van der Waals surface area contributed by atoms with E-state index in [2.05, 4.69) is 0 Å². The molecule has 0 aliphatic rings. The highest BCUT2D eigenvalue weighted by atomic mass is 16.4. The second kappa shape index (κ2) is 6.51. The molecular formula is C12H24O4. The zero-order valence-electron chi connectivity index (χ0n) is 11.1. The average Bonchev–Trinajstić information content (AvgIpc) is 2.15. The van der Waals surface area contributed by atoms with E-state index in [1.54, 1.807) is 27.7 Å². The van der Waals surface area contributed by atoms with Crippen LogP contribution in [0.3, 0.4) is 0 Å². The Hall–Kier alpha value is -1.06. The molecule has 0 amide bonds. The molecule has 0 bridgehead atoms. The number of hydrogen-bond donors (Lipinski definition) is 2. The Balaban J connectivity index is 0. The van der Waals surface area contributed by atoms with Crippen molar-refractivity contribution in [2.24, 2.45) is 10.8 Å². The van der Waals surface area contributed by atoms with Gasteiger partial charge in [-0.15, -0.1) is 0 Å². The second-order valence-corrected chi connectivity index (χ2v) is 5.13. The highest BCUT2D eigenvalue weighted by molar-refractivity contribution is 5.73. The summed E-state index contributed by atoms with van der Waals surface area (Å²) in [6.45, 7) is 10.6. The number of carbonyl (C=O) groups is 2. The highest BCUT2D eigenvalue weighted by Crippen LogP contribution is 2.24. The van der Waals surface area contributed by atoms with Crippen LogP contribution in [0.2, 0.25) is 0 Å². The summed E-state index contributed by atoms with van der Waals surface area (Å²) < 4.78 is 0. The molecule has 0 saturated carbocycles. The van der Waals surface area contributed by atoms with E-state index in [1.165, 1.54) is 0 Å². The lowest BCUT2D eigenvalue weighted by atomic mass is 9.85. The number of rotatable bonds is 3. The van der Waals surface area contributed by atoms with E-state index in [0.29, 0.717) is 12.8 Å². The first-order valence-corrected chi connectivity index (χ1v) is 5.48. The Kier molecular flexibility index (Phi) is 7.05. The maximum atomic E-state index is 10.5. The molecule has 0 fully saturated rings. The summed E-state index contributed by atoms with van der Waals surface area (Å²) in [6, 6.07) is 0. The van der Waals surface area contributed by atoms with Gasteiger partial charge in [0.1, 0.15) is 0 Å². The quantitative estimate of drug-likeness (QED) is 0.784.